The normalized spacial score (nSPS) is 18.2. The first kappa shape index (κ1) is 19.1. The van der Waals surface area contributed by atoms with Crippen molar-refractivity contribution < 1.29 is 34.8 Å². The number of ether oxygens (including phenoxy) is 1. The van der Waals surface area contributed by atoms with Gasteiger partial charge in [-0.05, 0) is 55.0 Å². The number of rotatable bonds is 5. The highest BCUT2D eigenvalue weighted by Gasteiger charge is 2.31. The number of aliphatic carboxylic acids is 1. The molecule has 2 atom stereocenters. The molecule has 8 heteroatoms. The number of phenols is 3. The fourth-order valence-corrected chi connectivity index (χ4v) is 2.92. The Morgan fingerprint density at radius 3 is 2.21 bits per heavy atom. The smallest absolute Gasteiger partial charge is 0.314 e. The van der Waals surface area contributed by atoms with Gasteiger partial charge in [-0.25, -0.2) is 0 Å². The van der Waals surface area contributed by atoms with Crippen LogP contribution in [0.3, 0.4) is 0 Å². The summed E-state index contributed by atoms with van der Waals surface area (Å²) < 4.78 is 5.58. The van der Waals surface area contributed by atoms with Crippen LogP contribution in [0.15, 0.2) is 42.5 Å². The molecule has 0 aliphatic carbocycles. The second-order valence-electron chi connectivity index (χ2n) is 6.50. The Kier molecular flexibility index (Phi) is 5.12. The number of benzene rings is 2. The molecule has 2 aromatic carbocycles. The summed E-state index contributed by atoms with van der Waals surface area (Å²) in [7, 11) is 0. The molecule has 1 amide bonds. The van der Waals surface area contributed by atoms with Crippen LogP contribution in [-0.2, 0) is 20.7 Å². The van der Waals surface area contributed by atoms with E-state index < -0.39 is 35.2 Å². The van der Waals surface area contributed by atoms with Crippen LogP contribution in [0.5, 0.6) is 17.2 Å². The van der Waals surface area contributed by atoms with E-state index in [1.807, 2.05) is 0 Å². The molecule has 0 fully saturated rings. The summed E-state index contributed by atoms with van der Waals surface area (Å²) in [6, 6.07) is 9.11. The van der Waals surface area contributed by atoms with Crippen molar-refractivity contribution in [2.45, 2.75) is 19.4 Å². The van der Waals surface area contributed by atoms with Gasteiger partial charge in [-0.2, -0.15) is 0 Å². The zero-order valence-electron chi connectivity index (χ0n) is 14.9. The lowest BCUT2D eigenvalue weighted by atomic mass is 10.0. The van der Waals surface area contributed by atoms with Gasteiger partial charge in [-0.1, -0.05) is 0 Å². The van der Waals surface area contributed by atoms with Gasteiger partial charge in [0.05, 0.1) is 6.42 Å². The maximum atomic E-state index is 12.2. The molecule has 2 aromatic rings. The third kappa shape index (κ3) is 4.01. The van der Waals surface area contributed by atoms with Crippen molar-refractivity contribution in [1.29, 1.82) is 0 Å². The number of hydrogen-bond acceptors (Lipinski definition) is 6. The first-order valence-electron chi connectivity index (χ1n) is 8.50. The van der Waals surface area contributed by atoms with E-state index in [0.717, 1.165) is 0 Å². The van der Waals surface area contributed by atoms with E-state index in [1.165, 1.54) is 12.1 Å². The molecule has 1 aliphatic heterocycles. The average molecular weight is 385 g/mol. The SMILES string of the molecule is CC1OC(c2ccc(NC(=O)Cc3cc(O)c(O)c(O)c3)cc2)=CC1C(=O)O. The van der Waals surface area contributed by atoms with Crippen LogP contribution < -0.4 is 5.32 Å². The zero-order valence-corrected chi connectivity index (χ0v) is 14.9. The number of nitrogens with one attached hydrogen (secondary N) is 1. The number of hydrogen-bond donors (Lipinski definition) is 5. The Labute approximate surface area is 160 Å². The first-order valence-corrected chi connectivity index (χ1v) is 8.50. The number of carboxylic acids is 1. The van der Waals surface area contributed by atoms with Crippen molar-refractivity contribution in [1.82, 2.24) is 0 Å². The van der Waals surface area contributed by atoms with Crippen LogP contribution in [0.25, 0.3) is 5.76 Å². The van der Waals surface area contributed by atoms with Gasteiger partial charge in [0.2, 0.25) is 5.91 Å². The molecule has 0 bridgehead atoms. The maximum Gasteiger partial charge on any atom is 0.314 e. The highest BCUT2D eigenvalue weighted by molar-refractivity contribution is 5.92. The summed E-state index contributed by atoms with van der Waals surface area (Å²) in [4.78, 5) is 23.3. The number of carbonyl (C=O) groups excluding carboxylic acids is 1. The van der Waals surface area contributed by atoms with E-state index in [4.69, 9.17) is 9.84 Å². The number of carboxylic acid groups (broad SMARTS) is 1. The maximum absolute atomic E-state index is 12.2. The minimum Gasteiger partial charge on any atom is -0.504 e. The lowest BCUT2D eigenvalue weighted by Crippen LogP contribution is -2.20. The molecule has 0 saturated carbocycles. The quantitative estimate of drug-likeness (QED) is 0.499. The first-order chi connectivity index (χ1) is 13.2. The second kappa shape index (κ2) is 7.51. The molecule has 0 radical (unpaired) electrons. The Morgan fingerprint density at radius 2 is 1.68 bits per heavy atom. The van der Waals surface area contributed by atoms with Crippen molar-refractivity contribution >= 4 is 23.3 Å². The standard InChI is InChI=1S/C20H19NO7/c1-10-14(20(26)27)9-17(28-10)12-2-4-13(5-3-12)21-18(24)8-11-6-15(22)19(25)16(23)7-11/h2-7,9-10,14,22-23,25H,8H2,1H3,(H,21,24)(H,26,27). The van der Waals surface area contributed by atoms with E-state index in [2.05, 4.69) is 5.32 Å². The predicted octanol–water partition coefficient (Wildman–Crippen LogP) is 2.44. The topological polar surface area (TPSA) is 136 Å². The third-order valence-electron chi connectivity index (χ3n) is 4.38. The lowest BCUT2D eigenvalue weighted by Gasteiger charge is -2.11. The van der Waals surface area contributed by atoms with Crippen molar-refractivity contribution in [2.24, 2.45) is 5.92 Å². The Balaban J connectivity index is 1.65. The lowest BCUT2D eigenvalue weighted by molar-refractivity contribution is -0.142. The van der Waals surface area contributed by atoms with Crippen molar-refractivity contribution in [2.75, 3.05) is 5.32 Å². The summed E-state index contributed by atoms with van der Waals surface area (Å²) >= 11 is 0. The van der Waals surface area contributed by atoms with E-state index in [0.29, 0.717) is 22.6 Å². The summed E-state index contributed by atoms with van der Waals surface area (Å²) in [5.41, 5.74) is 1.55. The minimum atomic E-state index is -0.947. The minimum absolute atomic E-state index is 0.116. The number of carbonyl (C=O) groups is 2. The largest absolute Gasteiger partial charge is 0.504 e. The summed E-state index contributed by atoms with van der Waals surface area (Å²) in [5, 5.41) is 40.1. The Hall–Kier alpha value is -3.68. The predicted molar refractivity (Wildman–Crippen MR) is 99.9 cm³/mol. The molecule has 0 aromatic heterocycles. The van der Waals surface area contributed by atoms with Gasteiger partial charge in [-0.15, -0.1) is 0 Å². The monoisotopic (exact) mass is 385 g/mol. The van der Waals surface area contributed by atoms with E-state index in [9.17, 15) is 24.9 Å². The summed E-state index contributed by atoms with van der Waals surface area (Å²) in [6.07, 6.45) is 0.990. The molecular formula is C20H19NO7. The van der Waals surface area contributed by atoms with Crippen LogP contribution in [0.2, 0.25) is 0 Å². The molecule has 3 rings (SSSR count). The molecule has 0 spiro atoms. The fraction of sp³-hybridized carbons (Fsp3) is 0.200. The van der Waals surface area contributed by atoms with Crippen LogP contribution >= 0.6 is 0 Å². The van der Waals surface area contributed by atoms with Crippen LogP contribution in [-0.4, -0.2) is 38.4 Å². The number of phenolic OH excluding ortho intramolecular Hbond substituents is 3. The van der Waals surface area contributed by atoms with Gasteiger partial charge in [-0.3, -0.25) is 9.59 Å². The summed E-state index contributed by atoms with van der Waals surface area (Å²) in [5.74, 6) is -3.20. The number of aromatic hydroxyl groups is 3. The molecule has 2 unspecified atom stereocenters. The fourth-order valence-electron chi connectivity index (χ4n) is 2.92. The van der Waals surface area contributed by atoms with Crippen molar-refractivity contribution in [3.8, 4) is 17.2 Å². The Morgan fingerprint density at radius 1 is 1.07 bits per heavy atom. The third-order valence-corrected chi connectivity index (χ3v) is 4.38. The van der Waals surface area contributed by atoms with Gasteiger partial charge in [0.1, 0.15) is 17.8 Å². The molecule has 1 heterocycles. The molecule has 0 saturated heterocycles. The average Bonchev–Trinajstić information content (AvgIpc) is 3.02. The van der Waals surface area contributed by atoms with Crippen LogP contribution in [0.4, 0.5) is 5.69 Å². The Bertz CT molecular complexity index is 927. The van der Waals surface area contributed by atoms with Crippen LogP contribution in [0, 0.1) is 5.92 Å². The highest BCUT2D eigenvalue weighted by Crippen LogP contribution is 2.35. The molecule has 146 valence electrons. The van der Waals surface area contributed by atoms with Gasteiger partial charge in [0.25, 0.3) is 0 Å². The molecule has 28 heavy (non-hydrogen) atoms. The molecule has 8 nitrogen and oxygen atoms in total. The van der Waals surface area contributed by atoms with E-state index >= 15 is 0 Å². The number of amides is 1. The number of anilines is 1. The van der Waals surface area contributed by atoms with E-state index in [1.54, 1.807) is 37.3 Å². The molecule has 1 aliphatic rings. The molecule has 5 N–H and O–H groups in total. The van der Waals surface area contributed by atoms with E-state index in [-0.39, 0.29) is 12.3 Å². The highest BCUT2D eigenvalue weighted by atomic mass is 16.5. The summed E-state index contributed by atoms with van der Waals surface area (Å²) in [6.45, 7) is 1.69. The van der Waals surface area contributed by atoms with Gasteiger partial charge < -0.3 is 30.5 Å². The van der Waals surface area contributed by atoms with Gasteiger partial charge in [0, 0.05) is 11.3 Å². The van der Waals surface area contributed by atoms with Crippen molar-refractivity contribution in [3.63, 3.8) is 0 Å². The second-order valence-corrected chi connectivity index (χ2v) is 6.50. The van der Waals surface area contributed by atoms with Crippen LogP contribution in [0.1, 0.15) is 18.1 Å². The van der Waals surface area contributed by atoms with Gasteiger partial charge >= 0.3 is 5.97 Å². The zero-order chi connectivity index (χ0) is 20.4. The molecular weight excluding hydrogens is 366 g/mol. The van der Waals surface area contributed by atoms with Gasteiger partial charge in [0.15, 0.2) is 17.2 Å². The van der Waals surface area contributed by atoms with Crippen molar-refractivity contribution in [3.05, 3.63) is 53.6 Å².